The van der Waals surface area contributed by atoms with Gasteiger partial charge in [0.1, 0.15) is 0 Å². The average Bonchev–Trinajstić information content (AvgIpc) is 2.87. The lowest BCUT2D eigenvalue weighted by Gasteiger charge is -2.33. The highest BCUT2D eigenvalue weighted by molar-refractivity contribution is 7.10. The first-order chi connectivity index (χ1) is 9.80. The summed E-state index contributed by atoms with van der Waals surface area (Å²) in [5.74, 6) is 0.107. The van der Waals surface area contributed by atoms with Gasteiger partial charge in [0.15, 0.2) is 0 Å². The third kappa shape index (κ3) is 3.64. The van der Waals surface area contributed by atoms with E-state index in [1.807, 2.05) is 25.7 Å². The molecule has 1 aromatic heterocycles. The number of amides is 2. The number of hydrogen-bond acceptors (Lipinski definition) is 3. The third-order valence-corrected chi connectivity index (χ3v) is 4.90. The van der Waals surface area contributed by atoms with Gasteiger partial charge in [0.2, 0.25) is 11.8 Å². The minimum Gasteiger partial charge on any atom is -0.355 e. The monoisotopic (exact) mass is 308 g/mol. The van der Waals surface area contributed by atoms with E-state index in [2.05, 4.69) is 23.7 Å². The second-order valence-electron chi connectivity index (χ2n) is 6.57. The minimum absolute atomic E-state index is 0.0119. The molecule has 5 heteroatoms. The molecule has 1 atom stereocenters. The molecule has 1 aromatic rings. The maximum atomic E-state index is 12.3. The van der Waals surface area contributed by atoms with Gasteiger partial charge in [0, 0.05) is 29.8 Å². The molecule has 0 radical (unpaired) electrons. The molecule has 0 saturated carbocycles. The summed E-state index contributed by atoms with van der Waals surface area (Å²) >= 11 is 1.77. The Morgan fingerprint density at radius 1 is 1.43 bits per heavy atom. The SMILES string of the molecule is C[C@H]1c2ccsc2CCN1C(=O)CCNC(=O)C(C)(C)C. The van der Waals surface area contributed by atoms with Gasteiger partial charge in [0.25, 0.3) is 0 Å². The summed E-state index contributed by atoms with van der Waals surface area (Å²) in [4.78, 5) is 27.5. The molecule has 1 aliphatic heterocycles. The predicted molar refractivity (Wildman–Crippen MR) is 85.2 cm³/mol. The lowest BCUT2D eigenvalue weighted by molar-refractivity contribution is -0.134. The molecule has 0 bridgehead atoms. The van der Waals surface area contributed by atoms with Crippen LogP contribution >= 0.6 is 11.3 Å². The van der Waals surface area contributed by atoms with E-state index in [-0.39, 0.29) is 17.9 Å². The van der Waals surface area contributed by atoms with E-state index in [0.717, 1.165) is 13.0 Å². The van der Waals surface area contributed by atoms with Crippen molar-refractivity contribution in [2.75, 3.05) is 13.1 Å². The van der Waals surface area contributed by atoms with Crippen molar-refractivity contribution in [2.24, 2.45) is 5.41 Å². The fourth-order valence-electron chi connectivity index (χ4n) is 2.54. The smallest absolute Gasteiger partial charge is 0.225 e. The molecule has 2 rings (SSSR count). The maximum absolute atomic E-state index is 12.3. The van der Waals surface area contributed by atoms with Crippen molar-refractivity contribution in [1.29, 1.82) is 0 Å². The van der Waals surface area contributed by atoms with E-state index >= 15 is 0 Å². The van der Waals surface area contributed by atoms with Gasteiger partial charge < -0.3 is 10.2 Å². The van der Waals surface area contributed by atoms with E-state index in [4.69, 9.17) is 0 Å². The van der Waals surface area contributed by atoms with E-state index in [1.54, 1.807) is 11.3 Å². The zero-order valence-electron chi connectivity index (χ0n) is 13.2. The first-order valence-corrected chi connectivity index (χ1v) is 8.32. The molecule has 2 amide bonds. The molecule has 2 heterocycles. The largest absolute Gasteiger partial charge is 0.355 e. The summed E-state index contributed by atoms with van der Waals surface area (Å²) in [6.45, 7) is 8.88. The van der Waals surface area contributed by atoms with Crippen LogP contribution in [0.1, 0.15) is 50.6 Å². The zero-order valence-corrected chi connectivity index (χ0v) is 14.0. The van der Waals surface area contributed by atoms with Gasteiger partial charge in [-0.2, -0.15) is 0 Å². The van der Waals surface area contributed by atoms with Crippen LogP contribution in [0.5, 0.6) is 0 Å². The quantitative estimate of drug-likeness (QED) is 0.933. The summed E-state index contributed by atoms with van der Waals surface area (Å²) in [6, 6.07) is 2.26. The Balaban J connectivity index is 1.86. The first kappa shape index (κ1) is 16.0. The normalized spacial score (nSPS) is 18.3. The molecule has 4 nitrogen and oxygen atoms in total. The Bertz CT molecular complexity index is 531. The number of thiophene rings is 1. The molecule has 0 fully saturated rings. The number of fused-ring (bicyclic) bond motifs is 1. The molecule has 116 valence electrons. The molecule has 0 aromatic carbocycles. The second-order valence-corrected chi connectivity index (χ2v) is 7.57. The molecule has 0 spiro atoms. The summed E-state index contributed by atoms with van der Waals surface area (Å²) < 4.78 is 0. The van der Waals surface area contributed by atoms with Crippen molar-refractivity contribution >= 4 is 23.2 Å². The third-order valence-electron chi connectivity index (χ3n) is 3.90. The second kappa shape index (κ2) is 6.18. The molecule has 0 unspecified atom stereocenters. The van der Waals surface area contributed by atoms with E-state index in [1.165, 1.54) is 10.4 Å². The Hall–Kier alpha value is -1.36. The van der Waals surface area contributed by atoms with Gasteiger partial charge in [-0.05, 0) is 30.4 Å². The van der Waals surface area contributed by atoms with Crippen LogP contribution in [0.3, 0.4) is 0 Å². The highest BCUT2D eigenvalue weighted by Gasteiger charge is 2.28. The molecule has 21 heavy (non-hydrogen) atoms. The van der Waals surface area contributed by atoms with Crippen LogP contribution in [0.2, 0.25) is 0 Å². The van der Waals surface area contributed by atoms with Crippen molar-refractivity contribution in [3.63, 3.8) is 0 Å². The van der Waals surface area contributed by atoms with Gasteiger partial charge in [0.05, 0.1) is 6.04 Å². The van der Waals surface area contributed by atoms with Crippen molar-refractivity contribution in [3.8, 4) is 0 Å². The zero-order chi connectivity index (χ0) is 15.6. The van der Waals surface area contributed by atoms with Crippen LogP contribution < -0.4 is 5.32 Å². The molecular weight excluding hydrogens is 284 g/mol. The molecule has 1 aliphatic rings. The number of nitrogens with one attached hydrogen (secondary N) is 1. The van der Waals surface area contributed by atoms with Crippen molar-refractivity contribution < 1.29 is 9.59 Å². The first-order valence-electron chi connectivity index (χ1n) is 7.44. The van der Waals surface area contributed by atoms with Crippen LogP contribution in [0.15, 0.2) is 11.4 Å². The van der Waals surface area contributed by atoms with E-state index in [0.29, 0.717) is 13.0 Å². The summed E-state index contributed by atoms with van der Waals surface area (Å²) in [6.07, 6.45) is 1.31. The van der Waals surface area contributed by atoms with Gasteiger partial charge in [-0.25, -0.2) is 0 Å². The van der Waals surface area contributed by atoms with Crippen LogP contribution in [0.4, 0.5) is 0 Å². The highest BCUT2D eigenvalue weighted by Crippen LogP contribution is 2.32. The number of rotatable bonds is 3. The molecule has 0 saturated heterocycles. The van der Waals surface area contributed by atoms with Gasteiger partial charge in [-0.15, -0.1) is 11.3 Å². The molecular formula is C16H24N2O2S. The molecule has 1 N–H and O–H groups in total. The Morgan fingerprint density at radius 3 is 2.81 bits per heavy atom. The standard InChI is InChI=1S/C16H24N2O2S/c1-11-12-7-10-21-13(12)6-9-18(11)14(19)5-8-17-15(20)16(2,3)4/h7,10-11H,5-6,8-9H2,1-4H3,(H,17,20)/t11-/m0/s1. The Morgan fingerprint density at radius 2 is 2.14 bits per heavy atom. The van der Waals surface area contributed by atoms with E-state index < -0.39 is 5.41 Å². The highest BCUT2D eigenvalue weighted by atomic mass is 32.1. The van der Waals surface area contributed by atoms with Crippen LogP contribution in [-0.4, -0.2) is 29.8 Å². The number of carbonyl (C=O) groups excluding carboxylic acids is 2. The topological polar surface area (TPSA) is 49.4 Å². The van der Waals surface area contributed by atoms with Crippen molar-refractivity contribution in [1.82, 2.24) is 10.2 Å². The minimum atomic E-state index is -0.410. The maximum Gasteiger partial charge on any atom is 0.225 e. The summed E-state index contributed by atoms with van der Waals surface area (Å²) in [7, 11) is 0. The number of hydrogen-bond donors (Lipinski definition) is 1. The lowest BCUT2D eigenvalue weighted by Crippen LogP contribution is -2.41. The van der Waals surface area contributed by atoms with Crippen molar-refractivity contribution in [2.45, 2.75) is 46.6 Å². The van der Waals surface area contributed by atoms with Crippen LogP contribution in [-0.2, 0) is 16.0 Å². The predicted octanol–water partition coefficient (Wildman–Crippen LogP) is 2.75. The fraction of sp³-hybridized carbons (Fsp3) is 0.625. The summed E-state index contributed by atoms with van der Waals surface area (Å²) in [5, 5.41) is 4.93. The van der Waals surface area contributed by atoms with Gasteiger partial charge >= 0.3 is 0 Å². The Kier molecular flexibility index (Phi) is 4.71. The van der Waals surface area contributed by atoms with E-state index in [9.17, 15) is 9.59 Å². The summed E-state index contributed by atoms with van der Waals surface area (Å²) in [5.41, 5.74) is 0.867. The average molecular weight is 308 g/mol. The van der Waals surface area contributed by atoms with Crippen molar-refractivity contribution in [3.05, 3.63) is 21.9 Å². The van der Waals surface area contributed by atoms with Crippen LogP contribution in [0, 0.1) is 5.41 Å². The Labute approximate surface area is 130 Å². The number of nitrogens with zero attached hydrogens (tertiary/aromatic N) is 1. The fourth-order valence-corrected chi connectivity index (χ4v) is 3.50. The van der Waals surface area contributed by atoms with Crippen LogP contribution in [0.25, 0.3) is 0 Å². The lowest BCUT2D eigenvalue weighted by atomic mass is 9.96. The number of carbonyl (C=O) groups is 2. The van der Waals surface area contributed by atoms with Gasteiger partial charge in [-0.1, -0.05) is 20.8 Å². The van der Waals surface area contributed by atoms with Gasteiger partial charge in [-0.3, -0.25) is 9.59 Å². The molecule has 0 aliphatic carbocycles.